The van der Waals surface area contributed by atoms with E-state index in [0.717, 1.165) is 11.3 Å². The molecule has 0 saturated heterocycles. The Kier molecular flexibility index (Phi) is 2.82. The highest BCUT2D eigenvalue weighted by atomic mass is 16.3. The van der Waals surface area contributed by atoms with E-state index in [4.69, 9.17) is 5.73 Å². The van der Waals surface area contributed by atoms with Crippen LogP contribution in [-0.2, 0) is 6.54 Å². The summed E-state index contributed by atoms with van der Waals surface area (Å²) in [5, 5.41) is 9.21. The summed E-state index contributed by atoms with van der Waals surface area (Å²) in [6.07, 6.45) is 1.62. The van der Waals surface area contributed by atoms with Crippen molar-refractivity contribution in [2.45, 2.75) is 6.54 Å². The Bertz CT molecular complexity index is 345. The van der Waals surface area contributed by atoms with E-state index in [1.807, 2.05) is 0 Å². The molecule has 3 heteroatoms. The van der Waals surface area contributed by atoms with Crippen molar-refractivity contribution in [1.82, 2.24) is 4.98 Å². The first-order valence-electron chi connectivity index (χ1n) is 3.89. The van der Waals surface area contributed by atoms with Crippen molar-refractivity contribution in [1.29, 1.82) is 0 Å². The van der Waals surface area contributed by atoms with Crippen LogP contribution in [0.1, 0.15) is 17.0 Å². The van der Waals surface area contributed by atoms with Crippen LogP contribution in [0.5, 0.6) is 0 Å². The van der Waals surface area contributed by atoms with E-state index in [1.54, 1.807) is 18.2 Å². The van der Waals surface area contributed by atoms with Crippen LogP contribution in [0.15, 0.2) is 25.3 Å². The van der Waals surface area contributed by atoms with Gasteiger partial charge in [-0.05, 0) is 6.07 Å². The number of hydrogen-bond donors (Lipinski definition) is 2. The molecule has 1 rings (SSSR count). The van der Waals surface area contributed by atoms with E-state index in [0.29, 0.717) is 12.2 Å². The minimum Gasteiger partial charge on any atom is -0.506 e. The molecule has 0 unspecified atom stereocenters. The van der Waals surface area contributed by atoms with E-state index in [-0.39, 0.29) is 5.76 Å². The molecule has 3 nitrogen and oxygen atoms in total. The molecule has 0 spiro atoms. The van der Waals surface area contributed by atoms with Crippen molar-refractivity contribution in [2.24, 2.45) is 5.73 Å². The first-order valence-corrected chi connectivity index (χ1v) is 3.89. The number of rotatable bonds is 3. The van der Waals surface area contributed by atoms with Crippen LogP contribution in [0, 0.1) is 0 Å². The van der Waals surface area contributed by atoms with Gasteiger partial charge in [-0.3, -0.25) is 0 Å². The molecule has 0 atom stereocenters. The van der Waals surface area contributed by atoms with Crippen LogP contribution >= 0.6 is 0 Å². The van der Waals surface area contributed by atoms with Gasteiger partial charge in [0, 0.05) is 12.1 Å². The molecule has 13 heavy (non-hydrogen) atoms. The number of aromatic nitrogens is 1. The van der Waals surface area contributed by atoms with E-state index < -0.39 is 0 Å². The lowest BCUT2D eigenvalue weighted by Crippen LogP contribution is -2.02. The van der Waals surface area contributed by atoms with Gasteiger partial charge in [0.2, 0.25) is 0 Å². The number of aliphatic hydroxyl groups excluding tert-OH is 1. The van der Waals surface area contributed by atoms with Crippen LogP contribution in [0.4, 0.5) is 0 Å². The molecule has 0 aliphatic heterocycles. The molecule has 0 radical (unpaired) electrons. The normalized spacial score (nSPS) is 9.62. The highest BCUT2D eigenvalue weighted by molar-refractivity contribution is 5.65. The van der Waals surface area contributed by atoms with Crippen molar-refractivity contribution >= 4 is 11.8 Å². The van der Waals surface area contributed by atoms with Gasteiger partial charge in [-0.1, -0.05) is 25.3 Å². The maximum Gasteiger partial charge on any atom is 0.134 e. The monoisotopic (exact) mass is 176 g/mol. The van der Waals surface area contributed by atoms with E-state index in [2.05, 4.69) is 18.1 Å². The molecular weight excluding hydrogens is 164 g/mol. The summed E-state index contributed by atoms with van der Waals surface area (Å²) in [5.74, 6) is -0.0646. The first kappa shape index (κ1) is 9.48. The molecule has 0 amide bonds. The summed E-state index contributed by atoms with van der Waals surface area (Å²) in [7, 11) is 0. The van der Waals surface area contributed by atoms with Gasteiger partial charge in [-0.2, -0.15) is 0 Å². The molecule has 68 valence electrons. The maximum absolute atomic E-state index is 9.21. The summed E-state index contributed by atoms with van der Waals surface area (Å²) in [6.45, 7) is 7.36. The maximum atomic E-state index is 9.21. The second-order valence-corrected chi connectivity index (χ2v) is 2.60. The smallest absolute Gasteiger partial charge is 0.134 e. The number of nitrogens with two attached hydrogens (primary N) is 1. The zero-order valence-electron chi connectivity index (χ0n) is 7.33. The first-order chi connectivity index (χ1) is 6.19. The third kappa shape index (κ3) is 1.95. The predicted molar refractivity (Wildman–Crippen MR) is 53.9 cm³/mol. The summed E-state index contributed by atoms with van der Waals surface area (Å²) >= 11 is 0. The molecule has 0 saturated carbocycles. The number of hydrogen-bond acceptors (Lipinski definition) is 3. The Labute approximate surface area is 77.2 Å². The van der Waals surface area contributed by atoms with Crippen LogP contribution in [0.3, 0.4) is 0 Å². The Morgan fingerprint density at radius 2 is 2.31 bits per heavy atom. The molecule has 3 N–H and O–H groups in total. The molecule has 0 aliphatic rings. The van der Waals surface area contributed by atoms with Gasteiger partial charge in [0.1, 0.15) is 11.5 Å². The largest absolute Gasteiger partial charge is 0.506 e. The van der Waals surface area contributed by atoms with Crippen LogP contribution in [0.2, 0.25) is 0 Å². The van der Waals surface area contributed by atoms with Crippen molar-refractivity contribution in [3.05, 3.63) is 42.2 Å². The summed E-state index contributed by atoms with van der Waals surface area (Å²) in [5.41, 5.74) is 7.33. The van der Waals surface area contributed by atoms with Crippen molar-refractivity contribution < 1.29 is 5.11 Å². The zero-order chi connectivity index (χ0) is 9.84. The fourth-order valence-electron chi connectivity index (χ4n) is 1.02. The van der Waals surface area contributed by atoms with Gasteiger partial charge >= 0.3 is 0 Å². The van der Waals surface area contributed by atoms with E-state index in [1.165, 1.54) is 0 Å². The predicted octanol–water partition coefficient (Wildman–Crippen LogP) is 1.71. The average Bonchev–Trinajstić information content (AvgIpc) is 2.16. The fraction of sp³-hybridized carbons (Fsp3) is 0.100. The van der Waals surface area contributed by atoms with Gasteiger partial charge in [0.15, 0.2) is 0 Å². The van der Waals surface area contributed by atoms with E-state index in [9.17, 15) is 5.11 Å². The molecule has 1 aromatic rings. The Morgan fingerprint density at radius 3 is 2.77 bits per heavy atom. The zero-order valence-corrected chi connectivity index (χ0v) is 7.33. The number of pyridine rings is 1. The minimum atomic E-state index is -0.0646. The number of nitrogens with zero attached hydrogens (tertiary/aromatic N) is 1. The second kappa shape index (κ2) is 3.87. The van der Waals surface area contributed by atoms with Gasteiger partial charge < -0.3 is 10.8 Å². The van der Waals surface area contributed by atoms with Crippen molar-refractivity contribution in [3.63, 3.8) is 0 Å². The Morgan fingerprint density at radius 1 is 1.62 bits per heavy atom. The fourth-order valence-corrected chi connectivity index (χ4v) is 1.02. The van der Waals surface area contributed by atoms with Crippen LogP contribution < -0.4 is 5.73 Å². The minimum absolute atomic E-state index is 0.0646. The lowest BCUT2D eigenvalue weighted by Gasteiger charge is -2.04. The molecule has 0 aromatic carbocycles. The topological polar surface area (TPSA) is 59.1 Å². The number of aliphatic hydroxyl groups is 1. The van der Waals surface area contributed by atoms with Crippen molar-refractivity contribution in [3.8, 4) is 0 Å². The molecule has 1 aromatic heterocycles. The molecular formula is C10H12N2O. The third-order valence-electron chi connectivity index (χ3n) is 1.69. The summed E-state index contributed by atoms with van der Waals surface area (Å²) in [4.78, 5) is 4.12. The quantitative estimate of drug-likeness (QED) is 0.689. The van der Waals surface area contributed by atoms with Gasteiger partial charge in [-0.25, -0.2) is 4.98 Å². The van der Waals surface area contributed by atoms with Gasteiger partial charge in [0.25, 0.3) is 0 Å². The lowest BCUT2D eigenvalue weighted by molar-refractivity contribution is 0.510. The summed E-state index contributed by atoms with van der Waals surface area (Å²) in [6, 6.07) is 3.60. The van der Waals surface area contributed by atoms with Gasteiger partial charge in [-0.15, -0.1) is 0 Å². The standard InChI is InChI=1S/C10H12N2O/c1-3-8-4-5-9(6-11)12-10(8)7(2)13/h3-5,13H,1-2,6,11H2. The van der Waals surface area contributed by atoms with Gasteiger partial charge in [0.05, 0.1) is 5.69 Å². The average molecular weight is 176 g/mol. The van der Waals surface area contributed by atoms with Crippen LogP contribution in [-0.4, -0.2) is 10.1 Å². The SMILES string of the molecule is C=Cc1ccc(CN)nc1C(=C)O. The molecule has 1 heterocycles. The second-order valence-electron chi connectivity index (χ2n) is 2.60. The molecule has 0 aliphatic carbocycles. The van der Waals surface area contributed by atoms with E-state index >= 15 is 0 Å². The Balaban J connectivity index is 3.25. The molecule has 0 bridgehead atoms. The highest BCUT2D eigenvalue weighted by Gasteiger charge is 2.04. The third-order valence-corrected chi connectivity index (χ3v) is 1.69. The highest BCUT2D eigenvalue weighted by Crippen LogP contribution is 2.14. The van der Waals surface area contributed by atoms with Crippen LogP contribution in [0.25, 0.3) is 11.8 Å². The summed E-state index contributed by atoms with van der Waals surface area (Å²) < 4.78 is 0. The lowest BCUT2D eigenvalue weighted by atomic mass is 10.1. The van der Waals surface area contributed by atoms with Crippen molar-refractivity contribution in [2.75, 3.05) is 0 Å². The Hall–Kier alpha value is -1.61. The molecule has 0 fully saturated rings.